The summed E-state index contributed by atoms with van der Waals surface area (Å²) in [5.41, 5.74) is 3.92. The van der Waals surface area contributed by atoms with Gasteiger partial charge in [0.25, 0.3) is 0 Å². The Hall–Kier alpha value is -2.12. The predicted octanol–water partition coefficient (Wildman–Crippen LogP) is 6.73. The minimum atomic E-state index is 1.15. The largest absolute Gasteiger partial charge is 0.0616 e. The summed E-state index contributed by atoms with van der Waals surface area (Å²) in [7, 11) is 0. The molecule has 0 spiro atoms. The molecule has 0 unspecified atom stereocenters. The van der Waals surface area contributed by atoms with Crippen LogP contribution in [-0.4, -0.2) is 0 Å². The summed E-state index contributed by atoms with van der Waals surface area (Å²) in [6.07, 6.45) is 0. The van der Waals surface area contributed by atoms with Crippen LogP contribution in [0.4, 0.5) is 0 Å². The number of fused-ring (bicyclic) bond motifs is 2. The fraction of sp³-hybridized carbons (Fsp3) is 0.0476. The van der Waals surface area contributed by atoms with Crippen LogP contribution >= 0.6 is 15.9 Å². The molecule has 22 heavy (non-hydrogen) atoms. The first-order valence-electron chi connectivity index (χ1n) is 7.42. The zero-order valence-corrected chi connectivity index (χ0v) is 13.9. The molecule has 0 atom stereocenters. The molecule has 106 valence electrons. The van der Waals surface area contributed by atoms with Crippen molar-refractivity contribution in [1.29, 1.82) is 0 Å². The number of aryl methyl sites for hydroxylation is 1. The number of benzene rings is 4. The molecule has 0 aliphatic carbocycles. The third-order valence-electron chi connectivity index (χ3n) is 4.34. The quantitative estimate of drug-likeness (QED) is 0.358. The van der Waals surface area contributed by atoms with Gasteiger partial charge in [-0.1, -0.05) is 82.7 Å². The van der Waals surface area contributed by atoms with Gasteiger partial charge >= 0.3 is 0 Å². The van der Waals surface area contributed by atoms with Crippen molar-refractivity contribution >= 4 is 37.5 Å². The van der Waals surface area contributed by atoms with Crippen LogP contribution in [0.15, 0.2) is 77.3 Å². The lowest BCUT2D eigenvalue weighted by Crippen LogP contribution is -1.88. The van der Waals surface area contributed by atoms with Crippen LogP contribution < -0.4 is 0 Å². The molecule has 0 fully saturated rings. The molecule has 0 aromatic heterocycles. The molecule has 0 aliphatic heterocycles. The number of hydrogen-bond donors (Lipinski definition) is 0. The fourth-order valence-corrected chi connectivity index (χ4v) is 3.83. The molecule has 0 heterocycles. The zero-order chi connectivity index (χ0) is 15.1. The average molecular weight is 347 g/mol. The van der Waals surface area contributed by atoms with Gasteiger partial charge in [-0.2, -0.15) is 0 Å². The van der Waals surface area contributed by atoms with E-state index in [1.807, 2.05) is 0 Å². The maximum absolute atomic E-state index is 3.72. The smallest absolute Gasteiger partial charge is 0.0259 e. The highest BCUT2D eigenvalue weighted by Crippen LogP contribution is 2.37. The van der Waals surface area contributed by atoms with Crippen LogP contribution in [0.5, 0.6) is 0 Å². The van der Waals surface area contributed by atoms with Crippen molar-refractivity contribution < 1.29 is 0 Å². The molecule has 4 rings (SSSR count). The van der Waals surface area contributed by atoms with Gasteiger partial charge in [-0.25, -0.2) is 0 Å². The van der Waals surface area contributed by atoms with E-state index >= 15 is 0 Å². The summed E-state index contributed by atoms with van der Waals surface area (Å²) in [5, 5.41) is 5.16. The SMILES string of the molecule is Cc1c(-c2cccc3cccc(Br)c23)ccc2ccccc12. The minimum Gasteiger partial charge on any atom is -0.0616 e. The summed E-state index contributed by atoms with van der Waals surface area (Å²) < 4.78 is 1.15. The number of rotatable bonds is 1. The van der Waals surface area contributed by atoms with E-state index in [0.29, 0.717) is 0 Å². The van der Waals surface area contributed by atoms with Crippen LogP contribution in [-0.2, 0) is 0 Å². The van der Waals surface area contributed by atoms with Crippen molar-refractivity contribution in [2.75, 3.05) is 0 Å². The Bertz CT molecular complexity index is 994. The van der Waals surface area contributed by atoms with E-state index < -0.39 is 0 Å². The summed E-state index contributed by atoms with van der Waals surface area (Å²) in [6, 6.07) is 25.9. The molecule has 0 saturated heterocycles. The molecular weight excluding hydrogens is 332 g/mol. The third kappa shape index (κ3) is 2.05. The van der Waals surface area contributed by atoms with E-state index in [1.165, 1.54) is 38.2 Å². The molecule has 0 nitrogen and oxygen atoms in total. The molecule has 0 amide bonds. The Morgan fingerprint density at radius 2 is 1.36 bits per heavy atom. The average Bonchev–Trinajstić information content (AvgIpc) is 2.55. The van der Waals surface area contributed by atoms with E-state index in [0.717, 1.165) is 4.47 Å². The number of hydrogen-bond acceptors (Lipinski definition) is 0. The van der Waals surface area contributed by atoms with E-state index in [1.54, 1.807) is 0 Å². The Morgan fingerprint density at radius 1 is 0.636 bits per heavy atom. The predicted molar refractivity (Wildman–Crippen MR) is 99.3 cm³/mol. The van der Waals surface area contributed by atoms with Crippen molar-refractivity contribution in [2.45, 2.75) is 6.92 Å². The van der Waals surface area contributed by atoms with Gasteiger partial charge in [-0.15, -0.1) is 0 Å². The molecule has 0 N–H and O–H groups in total. The second kappa shape index (κ2) is 5.26. The standard InChI is InChI=1S/C21H15Br/c1-14-17-9-3-2-6-15(17)12-13-18(14)19-10-4-7-16-8-5-11-20(22)21(16)19/h2-13H,1H3. The molecule has 1 heteroatoms. The first-order valence-corrected chi connectivity index (χ1v) is 8.21. The van der Waals surface area contributed by atoms with Gasteiger partial charge < -0.3 is 0 Å². The van der Waals surface area contributed by atoms with E-state index in [2.05, 4.69) is 95.7 Å². The van der Waals surface area contributed by atoms with Crippen LogP contribution in [0.2, 0.25) is 0 Å². The number of halogens is 1. The highest BCUT2D eigenvalue weighted by atomic mass is 79.9. The van der Waals surface area contributed by atoms with Gasteiger partial charge in [0.1, 0.15) is 0 Å². The lowest BCUT2D eigenvalue weighted by atomic mass is 9.92. The Kier molecular flexibility index (Phi) is 3.24. The summed E-state index contributed by atoms with van der Waals surface area (Å²) >= 11 is 3.72. The normalized spacial score (nSPS) is 11.2. The first-order chi connectivity index (χ1) is 10.8. The van der Waals surface area contributed by atoms with Crippen LogP contribution in [0.1, 0.15) is 5.56 Å². The minimum absolute atomic E-state index is 1.15. The van der Waals surface area contributed by atoms with Gasteiger partial charge in [0, 0.05) is 9.86 Å². The maximum Gasteiger partial charge on any atom is 0.0259 e. The van der Waals surface area contributed by atoms with E-state index in [4.69, 9.17) is 0 Å². The van der Waals surface area contributed by atoms with E-state index in [-0.39, 0.29) is 0 Å². The highest BCUT2D eigenvalue weighted by Gasteiger charge is 2.10. The molecule has 0 radical (unpaired) electrons. The van der Waals surface area contributed by atoms with Crippen molar-refractivity contribution in [1.82, 2.24) is 0 Å². The van der Waals surface area contributed by atoms with Crippen molar-refractivity contribution in [3.8, 4) is 11.1 Å². The summed E-state index contributed by atoms with van der Waals surface area (Å²) in [6.45, 7) is 2.22. The van der Waals surface area contributed by atoms with Crippen LogP contribution in [0.25, 0.3) is 32.7 Å². The van der Waals surface area contributed by atoms with Gasteiger partial charge in [-0.3, -0.25) is 0 Å². The van der Waals surface area contributed by atoms with E-state index in [9.17, 15) is 0 Å². The zero-order valence-electron chi connectivity index (χ0n) is 12.3. The van der Waals surface area contributed by atoms with Crippen molar-refractivity contribution in [2.24, 2.45) is 0 Å². The molecular formula is C21H15Br. The maximum atomic E-state index is 3.72. The highest BCUT2D eigenvalue weighted by molar-refractivity contribution is 9.10. The topological polar surface area (TPSA) is 0 Å². The Balaban J connectivity index is 2.10. The Morgan fingerprint density at radius 3 is 2.23 bits per heavy atom. The van der Waals surface area contributed by atoms with Gasteiger partial charge in [-0.05, 0) is 45.8 Å². The lowest BCUT2D eigenvalue weighted by Gasteiger charge is -2.13. The van der Waals surface area contributed by atoms with Crippen molar-refractivity contribution in [3.63, 3.8) is 0 Å². The molecule has 4 aromatic carbocycles. The molecule has 0 aliphatic rings. The van der Waals surface area contributed by atoms with Gasteiger partial charge in [0.05, 0.1) is 0 Å². The molecule has 0 saturated carbocycles. The fourth-order valence-electron chi connectivity index (χ4n) is 3.24. The molecule has 4 aromatic rings. The van der Waals surface area contributed by atoms with Gasteiger partial charge in [0.15, 0.2) is 0 Å². The second-order valence-corrected chi connectivity index (χ2v) is 6.46. The second-order valence-electron chi connectivity index (χ2n) is 5.60. The van der Waals surface area contributed by atoms with Crippen LogP contribution in [0.3, 0.4) is 0 Å². The van der Waals surface area contributed by atoms with Crippen molar-refractivity contribution in [3.05, 3.63) is 82.8 Å². The lowest BCUT2D eigenvalue weighted by molar-refractivity contribution is 1.51. The third-order valence-corrected chi connectivity index (χ3v) is 5.00. The first kappa shape index (κ1) is 13.5. The molecule has 0 bridgehead atoms. The summed E-state index contributed by atoms with van der Waals surface area (Å²) in [4.78, 5) is 0. The van der Waals surface area contributed by atoms with Gasteiger partial charge in [0.2, 0.25) is 0 Å². The summed E-state index contributed by atoms with van der Waals surface area (Å²) in [5.74, 6) is 0. The van der Waals surface area contributed by atoms with Crippen LogP contribution in [0, 0.1) is 6.92 Å². The Labute approximate surface area is 138 Å². The monoisotopic (exact) mass is 346 g/mol.